The molecular weight excluding hydrogens is 270 g/mol. The van der Waals surface area contributed by atoms with Gasteiger partial charge < -0.3 is 19.5 Å². The van der Waals surface area contributed by atoms with E-state index < -0.39 is 0 Å². The highest BCUT2D eigenvalue weighted by Crippen LogP contribution is 2.20. The predicted octanol–water partition coefficient (Wildman–Crippen LogP) is 2.24. The summed E-state index contributed by atoms with van der Waals surface area (Å²) in [4.78, 5) is 11.2. The second-order valence-electron chi connectivity index (χ2n) is 4.97. The van der Waals surface area contributed by atoms with E-state index >= 15 is 0 Å². The molecule has 0 spiro atoms. The van der Waals surface area contributed by atoms with Crippen molar-refractivity contribution in [1.29, 1.82) is 0 Å². The smallest absolute Gasteiger partial charge is 0.319 e. The van der Waals surface area contributed by atoms with Crippen LogP contribution in [0.15, 0.2) is 24.3 Å². The highest BCUT2D eigenvalue weighted by molar-refractivity contribution is 5.71. The zero-order valence-electron chi connectivity index (χ0n) is 12.5. The van der Waals surface area contributed by atoms with Gasteiger partial charge in [0.1, 0.15) is 5.75 Å². The van der Waals surface area contributed by atoms with E-state index in [0.29, 0.717) is 13.2 Å². The molecule has 1 fully saturated rings. The van der Waals surface area contributed by atoms with Gasteiger partial charge in [0.2, 0.25) is 0 Å². The summed E-state index contributed by atoms with van der Waals surface area (Å²) in [6.07, 6.45) is 3.05. The van der Waals surface area contributed by atoms with Crippen molar-refractivity contribution in [2.45, 2.75) is 39.0 Å². The summed E-state index contributed by atoms with van der Waals surface area (Å²) in [5, 5.41) is 3.06. The van der Waals surface area contributed by atoms with Crippen molar-refractivity contribution in [3.05, 3.63) is 29.8 Å². The van der Waals surface area contributed by atoms with E-state index in [9.17, 15) is 4.79 Å². The number of hydrogen-bond acceptors (Lipinski definition) is 5. The Balaban J connectivity index is 1.78. The number of hydrogen-bond donors (Lipinski definition) is 1. The molecule has 1 N–H and O–H groups in total. The van der Waals surface area contributed by atoms with Gasteiger partial charge in [0, 0.05) is 13.0 Å². The molecule has 0 saturated carbocycles. The van der Waals surface area contributed by atoms with Gasteiger partial charge in [0.15, 0.2) is 6.29 Å². The minimum atomic E-state index is -0.236. The summed E-state index contributed by atoms with van der Waals surface area (Å²) in [5.41, 5.74) is 1.06. The molecule has 1 unspecified atom stereocenters. The fraction of sp³-hybridized carbons (Fsp3) is 0.562. The standard InChI is InChI=1S/C16H23NO4/c1-2-19-15(18)12-17-11-13-6-5-7-14(10-13)21-16-8-3-4-9-20-16/h5-7,10,16-17H,2-4,8-9,11-12H2,1H3. The normalized spacial score (nSPS) is 18.2. The van der Waals surface area contributed by atoms with Crippen LogP contribution in [-0.4, -0.2) is 32.0 Å². The zero-order chi connectivity index (χ0) is 14.9. The fourth-order valence-electron chi connectivity index (χ4n) is 2.21. The molecule has 1 aliphatic rings. The van der Waals surface area contributed by atoms with Crippen LogP contribution >= 0.6 is 0 Å². The largest absolute Gasteiger partial charge is 0.465 e. The van der Waals surface area contributed by atoms with Crippen molar-refractivity contribution in [1.82, 2.24) is 5.32 Å². The average molecular weight is 293 g/mol. The molecule has 0 radical (unpaired) electrons. The highest BCUT2D eigenvalue weighted by atomic mass is 16.7. The van der Waals surface area contributed by atoms with Crippen LogP contribution in [0, 0.1) is 0 Å². The van der Waals surface area contributed by atoms with Crippen LogP contribution in [0.3, 0.4) is 0 Å². The van der Waals surface area contributed by atoms with Gasteiger partial charge in [-0.1, -0.05) is 12.1 Å². The predicted molar refractivity (Wildman–Crippen MR) is 79.0 cm³/mol. The van der Waals surface area contributed by atoms with E-state index in [0.717, 1.165) is 37.2 Å². The van der Waals surface area contributed by atoms with E-state index in [1.54, 1.807) is 6.92 Å². The summed E-state index contributed by atoms with van der Waals surface area (Å²) in [7, 11) is 0. The number of benzene rings is 1. The van der Waals surface area contributed by atoms with Gasteiger partial charge in [-0.2, -0.15) is 0 Å². The molecule has 0 aromatic heterocycles. The van der Waals surface area contributed by atoms with E-state index in [4.69, 9.17) is 14.2 Å². The van der Waals surface area contributed by atoms with Gasteiger partial charge >= 0.3 is 5.97 Å². The first kappa shape index (κ1) is 15.8. The molecule has 0 amide bonds. The Kier molecular flexibility index (Phi) is 6.50. The minimum Gasteiger partial charge on any atom is -0.465 e. The van der Waals surface area contributed by atoms with Gasteiger partial charge in [0.25, 0.3) is 0 Å². The summed E-state index contributed by atoms with van der Waals surface area (Å²) >= 11 is 0. The molecule has 0 aliphatic carbocycles. The maximum absolute atomic E-state index is 11.2. The third-order valence-corrected chi connectivity index (χ3v) is 3.21. The molecule has 5 heteroatoms. The van der Waals surface area contributed by atoms with Gasteiger partial charge in [-0.3, -0.25) is 4.79 Å². The highest BCUT2D eigenvalue weighted by Gasteiger charge is 2.15. The molecule has 5 nitrogen and oxygen atoms in total. The Morgan fingerprint density at radius 2 is 2.33 bits per heavy atom. The van der Waals surface area contributed by atoms with Crippen molar-refractivity contribution in [2.75, 3.05) is 19.8 Å². The Hall–Kier alpha value is -1.59. The first-order chi connectivity index (χ1) is 10.3. The molecule has 1 aliphatic heterocycles. The second kappa shape index (κ2) is 8.64. The monoisotopic (exact) mass is 293 g/mol. The summed E-state index contributed by atoms with van der Waals surface area (Å²) in [6, 6.07) is 7.83. The molecule has 1 aromatic carbocycles. The lowest BCUT2D eigenvalue weighted by molar-refractivity contribution is -0.142. The van der Waals surface area contributed by atoms with Crippen LogP contribution in [0.1, 0.15) is 31.7 Å². The SMILES string of the molecule is CCOC(=O)CNCc1cccc(OC2CCCCO2)c1. The molecule has 2 rings (SSSR count). The molecule has 21 heavy (non-hydrogen) atoms. The first-order valence-electron chi connectivity index (χ1n) is 7.51. The molecule has 0 bridgehead atoms. The quantitative estimate of drug-likeness (QED) is 0.781. The van der Waals surface area contributed by atoms with Crippen LogP contribution in [0.2, 0.25) is 0 Å². The van der Waals surface area contributed by atoms with Crippen LogP contribution in [0.4, 0.5) is 0 Å². The molecule has 1 heterocycles. The van der Waals surface area contributed by atoms with Crippen molar-refractivity contribution >= 4 is 5.97 Å². The summed E-state index contributed by atoms with van der Waals surface area (Å²) in [5.74, 6) is 0.567. The lowest BCUT2D eigenvalue weighted by Gasteiger charge is -2.23. The fourth-order valence-corrected chi connectivity index (χ4v) is 2.21. The lowest BCUT2D eigenvalue weighted by atomic mass is 10.2. The van der Waals surface area contributed by atoms with E-state index in [1.807, 2.05) is 24.3 Å². The third kappa shape index (κ3) is 5.73. The van der Waals surface area contributed by atoms with E-state index in [2.05, 4.69) is 5.32 Å². The second-order valence-corrected chi connectivity index (χ2v) is 4.97. The van der Waals surface area contributed by atoms with Gasteiger partial charge in [-0.25, -0.2) is 0 Å². The lowest BCUT2D eigenvalue weighted by Crippen LogP contribution is -2.25. The molecule has 1 saturated heterocycles. The van der Waals surface area contributed by atoms with Gasteiger partial charge in [-0.05, 0) is 37.5 Å². The Labute approximate surface area is 125 Å². The molecule has 116 valence electrons. The summed E-state index contributed by atoms with van der Waals surface area (Å²) in [6.45, 7) is 3.79. The average Bonchev–Trinajstić information content (AvgIpc) is 2.49. The first-order valence-corrected chi connectivity index (χ1v) is 7.51. The van der Waals surface area contributed by atoms with Gasteiger partial charge in [-0.15, -0.1) is 0 Å². The maximum atomic E-state index is 11.2. The Bertz CT molecular complexity index is 444. The van der Waals surface area contributed by atoms with Crippen molar-refractivity contribution in [3.8, 4) is 5.75 Å². The molecule has 1 aromatic rings. The number of carbonyl (C=O) groups is 1. The minimum absolute atomic E-state index is 0.138. The van der Waals surface area contributed by atoms with Gasteiger partial charge in [0.05, 0.1) is 19.8 Å². The number of nitrogens with one attached hydrogen (secondary N) is 1. The van der Waals surface area contributed by atoms with Crippen molar-refractivity contribution in [2.24, 2.45) is 0 Å². The van der Waals surface area contributed by atoms with Crippen LogP contribution in [-0.2, 0) is 20.8 Å². The third-order valence-electron chi connectivity index (χ3n) is 3.21. The van der Waals surface area contributed by atoms with Crippen LogP contribution in [0.5, 0.6) is 5.75 Å². The summed E-state index contributed by atoms with van der Waals surface area (Å²) < 4.78 is 16.2. The Morgan fingerprint density at radius 1 is 1.43 bits per heavy atom. The number of rotatable bonds is 7. The van der Waals surface area contributed by atoms with Crippen molar-refractivity contribution in [3.63, 3.8) is 0 Å². The van der Waals surface area contributed by atoms with Crippen LogP contribution < -0.4 is 10.1 Å². The van der Waals surface area contributed by atoms with E-state index in [1.165, 1.54) is 0 Å². The molecular formula is C16H23NO4. The molecule has 1 atom stereocenters. The Morgan fingerprint density at radius 3 is 3.10 bits per heavy atom. The number of esters is 1. The number of carbonyl (C=O) groups excluding carboxylic acids is 1. The maximum Gasteiger partial charge on any atom is 0.319 e. The van der Waals surface area contributed by atoms with Crippen molar-refractivity contribution < 1.29 is 19.0 Å². The topological polar surface area (TPSA) is 56.8 Å². The zero-order valence-corrected chi connectivity index (χ0v) is 12.5. The van der Waals surface area contributed by atoms with E-state index in [-0.39, 0.29) is 18.8 Å². The van der Waals surface area contributed by atoms with Crippen LogP contribution in [0.25, 0.3) is 0 Å². The number of ether oxygens (including phenoxy) is 3.